The Bertz CT molecular complexity index is 784. The maximum atomic E-state index is 13.5. The third-order valence-corrected chi connectivity index (χ3v) is 6.55. The van der Waals surface area contributed by atoms with E-state index in [1.807, 2.05) is 0 Å². The monoisotopic (exact) mass is 372 g/mol. The molecule has 0 heterocycles. The highest BCUT2D eigenvalue weighted by Gasteiger charge is 2.41. The van der Waals surface area contributed by atoms with Gasteiger partial charge in [-0.2, -0.15) is 0 Å². The van der Waals surface area contributed by atoms with Crippen LogP contribution in [0.1, 0.15) is 32.6 Å². The molecule has 0 radical (unpaired) electrons. The number of hydrogen-bond acceptors (Lipinski definition) is 3. The lowest BCUT2D eigenvalue weighted by Crippen LogP contribution is -2.51. The summed E-state index contributed by atoms with van der Waals surface area (Å²) in [6.07, 6.45) is 5.25. The molecular weight excluding hydrogens is 350 g/mol. The predicted octanol–water partition coefficient (Wildman–Crippen LogP) is 2.42. The van der Waals surface area contributed by atoms with Gasteiger partial charge in [0.1, 0.15) is 6.04 Å². The van der Waals surface area contributed by atoms with Gasteiger partial charge < -0.3 is 5.32 Å². The van der Waals surface area contributed by atoms with Crippen molar-refractivity contribution in [3.63, 3.8) is 0 Å². The Balaban J connectivity index is 1.80. The summed E-state index contributed by atoms with van der Waals surface area (Å²) in [4.78, 5) is 12.6. The molecule has 3 rings (SSSR count). The maximum Gasteiger partial charge on any atom is 0.243 e. The molecule has 138 valence electrons. The molecule has 8 heteroatoms. The molecule has 2 bridgehead atoms. The van der Waals surface area contributed by atoms with E-state index < -0.39 is 33.6 Å². The third-order valence-electron chi connectivity index (χ3n) is 5.31. The van der Waals surface area contributed by atoms with Crippen molar-refractivity contribution < 1.29 is 22.0 Å². The number of rotatable bonds is 5. The lowest BCUT2D eigenvalue weighted by molar-refractivity contribution is -0.122. The SMILES string of the molecule is C[C@@H](C(=O)N[C@H]1C[C@H]2CC[C@H]1C2)N(c1ccc(F)c(F)c1)S(C)(=O)=O. The first-order valence-electron chi connectivity index (χ1n) is 8.41. The van der Waals surface area contributed by atoms with Crippen molar-refractivity contribution >= 4 is 21.6 Å². The summed E-state index contributed by atoms with van der Waals surface area (Å²) in [5.41, 5.74) is -0.0722. The number of amides is 1. The molecule has 4 atom stereocenters. The van der Waals surface area contributed by atoms with Gasteiger partial charge in [-0.25, -0.2) is 17.2 Å². The van der Waals surface area contributed by atoms with Crippen LogP contribution in [-0.2, 0) is 14.8 Å². The van der Waals surface area contributed by atoms with Crippen LogP contribution in [0.5, 0.6) is 0 Å². The van der Waals surface area contributed by atoms with Crippen molar-refractivity contribution in [2.45, 2.75) is 44.7 Å². The second kappa shape index (κ2) is 6.55. The highest BCUT2D eigenvalue weighted by molar-refractivity contribution is 7.92. The highest BCUT2D eigenvalue weighted by atomic mass is 32.2. The second-order valence-corrected chi connectivity index (χ2v) is 8.98. The number of carbonyl (C=O) groups excluding carboxylic acids is 1. The molecule has 1 amide bonds. The number of sulfonamides is 1. The largest absolute Gasteiger partial charge is 0.351 e. The van der Waals surface area contributed by atoms with E-state index in [-0.39, 0.29) is 11.7 Å². The molecule has 1 aromatic carbocycles. The molecule has 1 N–H and O–H groups in total. The second-order valence-electron chi connectivity index (χ2n) is 7.12. The fourth-order valence-electron chi connectivity index (χ4n) is 4.16. The van der Waals surface area contributed by atoms with Crippen LogP contribution in [0.4, 0.5) is 14.5 Å². The number of hydrogen-bond donors (Lipinski definition) is 1. The molecule has 0 aliphatic heterocycles. The van der Waals surface area contributed by atoms with Gasteiger partial charge in [0.15, 0.2) is 11.6 Å². The number of carbonyl (C=O) groups is 1. The fraction of sp³-hybridized carbons (Fsp3) is 0.588. The molecule has 0 aromatic heterocycles. The number of nitrogens with one attached hydrogen (secondary N) is 1. The summed E-state index contributed by atoms with van der Waals surface area (Å²) < 4.78 is 51.8. The Morgan fingerprint density at radius 3 is 2.48 bits per heavy atom. The van der Waals surface area contributed by atoms with Gasteiger partial charge in [0.05, 0.1) is 11.9 Å². The van der Waals surface area contributed by atoms with Crippen molar-refractivity contribution in [3.05, 3.63) is 29.8 Å². The summed E-state index contributed by atoms with van der Waals surface area (Å²) >= 11 is 0. The van der Waals surface area contributed by atoms with Crippen LogP contribution in [0.2, 0.25) is 0 Å². The first kappa shape index (κ1) is 18.1. The van der Waals surface area contributed by atoms with Crippen LogP contribution in [0.3, 0.4) is 0 Å². The summed E-state index contributed by atoms with van der Waals surface area (Å²) in [7, 11) is -3.85. The first-order valence-corrected chi connectivity index (χ1v) is 10.3. The van der Waals surface area contributed by atoms with Gasteiger partial charge in [-0.05, 0) is 50.2 Å². The molecular formula is C17H22F2N2O3S. The Morgan fingerprint density at radius 2 is 1.96 bits per heavy atom. The van der Waals surface area contributed by atoms with Crippen LogP contribution < -0.4 is 9.62 Å². The minimum Gasteiger partial charge on any atom is -0.351 e. The minimum atomic E-state index is -3.85. The number of anilines is 1. The Hall–Kier alpha value is -1.70. The quantitative estimate of drug-likeness (QED) is 0.863. The van der Waals surface area contributed by atoms with Crippen molar-refractivity contribution in [1.82, 2.24) is 5.32 Å². The lowest BCUT2D eigenvalue weighted by Gasteiger charge is -2.31. The number of fused-ring (bicyclic) bond motifs is 2. The van der Waals surface area contributed by atoms with E-state index in [9.17, 15) is 22.0 Å². The van der Waals surface area contributed by atoms with E-state index >= 15 is 0 Å². The van der Waals surface area contributed by atoms with Crippen LogP contribution in [0, 0.1) is 23.5 Å². The predicted molar refractivity (Wildman–Crippen MR) is 90.5 cm³/mol. The van der Waals surface area contributed by atoms with Gasteiger partial charge in [0, 0.05) is 12.1 Å². The van der Waals surface area contributed by atoms with Crippen molar-refractivity contribution in [1.29, 1.82) is 0 Å². The highest BCUT2D eigenvalue weighted by Crippen LogP contribution is 2.44. The topological polar surface area (TPSA) is 66.5 Å². The summed E-state index contributed by atoms with van der Waals surface area (Å²) in [6, 6.07) is 1.81. The van der Waals surface area contributed by atoms with Gasteiger partial charge in [-0.1, -0.05) is 6.42 Å². The average molecular weight is 372 g/mol. The molecule has 0 spiro atoms. The molecule has 2 fully saturated rings. The van der Waals surface area contributed by atoms with Gasteiger partial charge in [0.2, 0.25) is 15.9 Å². The van der Waals surface area contributed by atoms with Gasteiger partial charge >= 0.3 is 0 Å². The third kappa shape index (κ3) is 3.63. The summed E-state index contributed by atoms with van der Waals surface area (Å²) in [5, 5.41) is 2.95. The van der Waals surface area contributed by atoms with E-state index in [0.29, 0.717) is 11.8 Å². The van der Waals surface area contributed by atoms with E-state index in [1.165, 1.54) is 13.3 Å². The van der Waals surface area contributed by atoms with Gasteiger partial charge in [0.25, 0.3) is 0 Å². The van der Waals surface area contributed by atoms with Crippen LogP contribution in [-0.4, -0.2) is 32.7 Å². The zero-order valence-corrected chi connectivity index (χ0v) is 15.0. The fourth-order valence-corrected chi connectivity index (χ4v) is 5.32. The average Bonchev–Trinajstić information content (AvgIpc) is 3.12. The molecule has 25 heavy (non-hydrogen) atoms. The Morgan fingerprint density at radius 1 is 1.24 bits per heavy atom. The van der Waals surface area contributed by atoms with Crippen molar-refractivity contribution in [2.75, 3.05) is 10.6 Å². The Labute approximate surface area is 146 Å². The molecule has 2 aliphatic carbocycles. The number of benzene rings is 1. The lowest BCUT2D eigenvalue weighted by atomic mass is 9.95. The van der Waals surface area contributed by atoms with Crippen molar-refractivity contribution in [2.24, 2.45) is 11.8 Å². The Kier molecular flexibility index (Phi) is 4.74. The van der Waals surface area contributed by atoms with Crippen LogP contribution in [0.15, 0.2) is 18.2 Å². The zero-order valence-electron chi connectivity index (χ0n) is 14.2. The van der Waals surface area contributed by atoms with E-state index in [4.69, 9.17) is 0 Å². The van der Waals surface area contributed by atoms with Crippen LogP contribution >= 0.6 is 0 Å². The summed E-state index contributed by atoms with van der Waals surface area (Å²) in [5.74, 6) is -1.56. The van der Waals surface area contributed by atoms with Gasteiger partial charge in [-0.3, -0.25) is 9.10 Å². The summed E-state index contributed by atoms with van der Waals surface area (Å²) in [6.45, 7) is 1.45. The minimum absolute atomic E-state index is 0.0695. The molecule has 5 nitrogen and oxygen atoms in total. The molecule has 0 saturated heterocycles. The van der Waals surface area contributed by atoms with E-state index in [1.54, 1.807) is 0 Å². The first-order chi connectivity index (χ1) is 11.7. The smallest absolute Gasteiger partial charge is 0.243 e. The van der Waals surface area contributed by atoms with E-state index in [0.717, 1.165) is 48.0 Å². The van der Waals surface area contributed by atoms with Gasteiger partial charge in [-0.15, -0.1) is 0 Å². The normalized spacial score (nSPS) is 26.5. The molecule has 2 saturated carbocycles. The van der Waals surface area contributed by atoms with E-state index in [2.05, 4.69) is 5.32 Å². The van der Waals surface area contributed by atoms with Crippen LogP contribution in [0.25, 0.3) is 0 Å². The standard InChI is InChI=1S/C17H22F2N2O3S/c1-10(17(22)20-16-8-11-3-4-12(16)7-11)21(25(2,23)24)13-5-6-14(18)15(19)9-13/h5-6,9-12,16H,3-4,7-8H2,1-2H3,(H,20,22)/t10-,11-,12-,16-/m0/s1. The number of halogens is 2. The zero-order chi connectivity index (χ0) is 18.4. The van der Waals surface area contributed by atoms with Crippen molar-refractivity contribution in [3.8, 4) is 0 Å². The molecule has 2 aliphatic rings. The number of nitrogens with zero attached hydrogens (tertiary/aromatic N) is 1. The maximum absolute atomic E-state index is 13.5. The molecule has 1 aromatic rings. The molecule has 0 unspecified atom stereocenters.